The van der Waals surface area contributed by atoms with E-state index in [1.54, 1.807) is 37.3 Å². The molecular formula is C24H24Cl2N2O3S. The van der Waals surface area contributed by atoms with Gasteiger partial charge in [0.2, 0.25) is 5.91 Å². The molecule has 0 saturated carbocycles. The fraction of sp³-hybridized carbons (Fsp3) is 0.208. The van der Waals surface area contributed by atoms with Crippen molar-refractivity contribution in [2.24, 2.45) is 5.73 Å². The van der Waals surface area contributed by atoms with Crippen LogP contribution in [0, 0.1) is 20.8 Å². The lowest BCUT2D eigenvalue weighted by Crippen LogP contribution is -2.39. The van der Waals surface area contributed by atoms with E-state index in [-0.39, 0.29) is 4.90 Å². The third-order valence-corrected chi connectivity index (χ3v) is 7.81. The van der Waals surface area contributed by atoms with Crippen LogP contribution in [0.2, 0.25) is 10.0 Å². The summed E-state index contributed by atoms with van der Waals surface area (Å²) in [6.07, 6.45) is 0.326. The summed E-state index contributed by atoms with van der Waals surface area (Å²) in [6.45, 7) is 4.98. The van der Waals surface area contributed by atoms with Crippen LogP contribution >= 0.6 is 23.2 Å². The molecule has 3 rings (SSSR count). The van der Waals surface area contributed by atoms with Gasteiger partial charge in [-0.3, -0.25) is 9.10 Å². The molecule has 1 amide bonds. The maximum Gasteiger partial charge on any atom is 0.265 e. The largest absolute Gasteiger partial charge is 0.368 e. The number of primary amides is 1. The van der Waals surface area contributed by atoms with Crippen LogP contribution in [-0.2, 0) is 21.2 Å². The molecule has 0 unspecified atom stereocenters. The van der Waals surface area contributed by atoms with Gasteiger partial charge in [-0.15, -0.1) is 0 Å². The van der Waals surface area contributed by atoms with Gasteiger partial charge in [0, 0.05) is 16.5 Å². The van der Waals surface area contributed by atoms with Crippen LogP contribution in [0.5, 0.6) is 0 Å². The molecule has 0 saturated heterocycles. The van der Waals surface area contributed by atoms with Crippen molar-refractivity contribution in [1.29, 1.82) is 0 Å². The monoisotopic (exact) mass is 490 g/mol. The van der Waals surface area contributed by atoms with Crippen LogP contribution < -0.4 is 10.0 Å². The number of rotatable bonds is 7. The Bertz CT molecular complexity index is 1290. The highest BCUT2D eigenvalue weighted by atomic mass is 35.5. The highest BCUT2D eigenvalue weighted by Crippen LogP contribution is 2.33. The van der Waals surface area contributed by atoms with Crippen molar-refractivity contribution in [3.63, 3.8) is 0 Å². The van der Waals surface area contributed by atoms with E-state index in [2.05, 4.69) is 0 Å². The molecule has 0 aliphatic rings. The smallest absolute Gasteiger partial charge is 0.265 e. The second-order valence-corrected chi connectivity index (χ2v) is 10.4. The molecule has 0 aliphatic carbocycles. The molecule has 168 valence electrons. The number of amides is 1. The van der Waals surface area contributed by atoms with Gasteiger partial charge in [-0.2, -0.15) is 0 Å². The molecule has 0 radical (unpaired) electrons. The first-order chi connectivity index (χ1) is 15.0. The number of hydrogen-bond donors (Lipinski definition) is 1. The van der Waals surface area contributed by atoms with Gasteiger partial charge in [0.25, 0.3) is 10.0 Å². The molecule has 0 bridgehead atoms. The Morgan fingerprint density at radius 1 is 0.906 bits per heavy atom. The van der Waals surface area contributed by atoms with Gasteiger partial charge in [0.1, 0.15) is 6.54 Å². The maximum absolute atomic E-state index is 13.8. The number of nitrogens with zero attached hydrogens (tertiary/aromatic N) is 1. The predicted octanol–water partition coefficient (Wildman–Crippen LogP) is 5.19. The van der Waals surface area contributed by atoms with Gasteiger partial charge < -0.3 is 5.73 Å². The topological polar surface area (TPSA) is 80.5 Å². The van der Waals surface area contributed by atoms with Crippen molar-refractivity contribution in [3.05, 3.63) is 92.5 Å². The zero-order valence-corrected chi connectivity index (χ0v) is 20.4. The SMILES string of the molecule is Cc1cc(C)c(S(=O)(=O)N(CC(N)=O)c2ccc(Cl)cc2Cc2ccccc2Cl)cc1C. The number of aryl methyl sites for hydroxylation is 3. The predicted molar refractivity (Wildman–Crippen MR) is 130 cm³/mol. The molecule has 0 heterocycles. The molecule has 0 spiro atoms. The van der Waals surface area contributed by atoms with Crippen LogP contribution in [0.1, 0.15) is 27.8 Å². The molecular weight excluding hydrogens is 467 g/mol. The van der Waals surface area contributed by atoms with E-state index in [1.165, 1.54) is 0 Å². The van der Waals surface area contributed by atoms with Crippen LogP contribution in [-0.4, -0.2) is 20.9 Å². The van der Waals surface area contributed by atoms with Crippen molar-refractivity contribution in [1.82, 2.24) is 0 Å². The highest BCUT2D eigenvalue weighted by Gasteiger charge is 2.30. The summed E-state index contributed by atoms with van der Waals surface area (Å²) < 4.78 is 28.6. The normalized spacial score (nSPS) is 11.4. The lowest BCUT2D eigenvalue weighted by molar-refractivity contribution is -0.116. The zero-order valence-electron chi connectivity index (χ0n) is 18.0. The Hall–Kier alpha value is -2.54. The first-order valence-electron chi connectivity index (χ1n) is 9.91. The minimum Gasteiger partial charge on any atom is -0.368 e. The van der Waals surface area contributed by atoms with E-state index in [0.717, 1.165) is 21.0 Å². The van der Waals surface area contributed by atoms with Crippen molar-refractivity contribution in [3.8, 4) is 0 Å². The van der Waals surface area contributed by atoms with Crippen molar-refractivity contribution < 1.29 is 13.2 Å². The fourth-order valence-corrected chi connectivity index (χ4v) is 5.72. The second-order valence-electron chi connectivity index (χ2n) is 7.72. The van der Waals surface area contributed by atoms with Crippen LogP contribution in [0.4, 0.5) is 5.69 Å². The number of carbonyl (C=O) groups excluding carboxylic acids is 1. The van der Waals surface area contributed by atoms with Gasteiger partial charge in [-0.1, -0.05) is 47.5 Å². The first-order valence-corrected chi connectivity index (χ1v) is 12.1. The van der Waals surface area contributed by atoms with E-state index in [9.17, 15) is 13.2 Å². The number of benzene rings is 3. The highest BCUT2D eigenvalue weighted by molar-refractivity contribution is 7.93. The van der Waals surface area contributed by atoms with Gasteiger partial charge in [-0.25, -0.2) is 8.42 Å². The number of hydrogen-bond acceptors (Lipinski definition) is 3. The average molecular weight is 491 g/mol. The molecule has 0 fully saturated rings. The Labute approximate surface area is 198 Å². The van der Waals surface area contributed by atoms with Crippen LogP contribution in [0.3, 0.4) is 0 Å². The molecule has 32 heavy (non-hydrogen) atoms. The Balaban J connectivity index is 2.20. The second kappa shape index (κ2) is 9.53. The lowest BCUT2D eigenvalue weighted by Gasteiger charge is -2.27. The molecule has 0 aromatic heterocycles. The van der Waals surface area contributed by atoms with Crippen LogP contribution in [0.15, 0.2) is 59.5 Å². The standard InChI is InChI=1S/C24H24Cl2N2O3S/c1-15-10-17(3)23(11-16(15)2)32(30,31)28(14-24(27)29)22-9-8-20(25)13-19(22)12-18-6-4-5-7-21(18)26/h4-11,13H,12,14H2,1-3H3,(H2,27,29). The minimum absolute atomic E-state index is 0.125. The summed E-state index contributed by atoms with van der Waals surface area (Å²) in [5, 5.41) is 0.988. The summed E-state index contributed by atoms with van der Waals surface area (Å²) in [5.41, 5.74) is 9.60. The number of sulfonamides is 1. The van der Waals surface area contributed by atoms with E-state index in [4.69, 9.17) is 28.9 Å². The quantitative estimate of drug-likeness (QED) is 0.494. The Morgan fingerprint density at radius 3 is 2.22 bits per heavy atom. The Morgan fingerprint density at radius 2 is 1.56 bits per heavy atom. The zero-order chi connectivity index (χ0) is 23.6. The molecule has 2 N–H and O–H groups in total. The number of nitrogens with two attached hydrogens (primary N) is 1. The average Bonchev–Trinajstić information content (AvgIpc) is 2.71. The molecule has 0 atom stereocenters. The van der Waals surface area contributed by atoms with E-state index in [0.29, 0.717) is 33.3 Å². The summed E-state index contributed by atoms with van der Waals surface area (Å²) >= 11 is 12.6. The van der Waals surface area contributed by atoms with Crippen molar-refractivity contribution in [2.45, 2.75) is 32.1 Å². The molecule has 0 aliphatic heterocycles. The minimum atomic E-state index is -4.10. The van der Waals surface area contributed by atoms with Crippen molar-refractivity contribution in [2.75, 3.05) is 10.8 Å². The first kappa shape index (κ1) is 24.1. The number of carbonyl (C=O) groups is 1. The summed E-state index contributed by atoms with van der Waals surface area (Å²) in [4.78, 5) is 12.1. The Kier molecular flexibility index (Phi) is 7.18. The van der Waals surface area contributed by atoms with E-state index in [1.807, 2.05) is 38.1 Å². The van der Waals surface area contributed by atoms with Gasteiger partial charge in [0.05, 0.1) is 10.6 Å². The number of anilines is 1. The van der Waals surface area contributed by atoms with Crippen LogP contribution in [0.25, 0.3) is 0 Å². The van der Waals surface area contributed by atoms with Crippen molar-refractivity contribution >= 4 is 44.8 Å². The maximum atomic E-state index is 13.8. The van der Waals surface area contributed by atoms with E-state index >= 15 is 0 Å². The molecule has 8 heteroatoms. The molecule has 3 aromatic carbocycles. The summed E-state index contributed by atoms with van der Waals surface area (Å²) in [7, 11) is -4.10. The molecule has 5 nitrogen and oxygen atoms in total. The third kappa shape index (κ3) is 5.09. The summed E-state index contributed by atoms with van der Waals surface area (Å²) in [5.74, 6) is -0.770. The third-order valence-electron chi connectivity index (χ3n) is 5.31. The van der Waals surface area contributed by atoms with Gasteiger partial charge >= 0.3 is 0 Å². The van der Waals surface area contributed by atoms with E-state index < -0.39 is 22.5 Å². The van der Waals surface area contributed by atoms with Gasteiger partial charge in [0.15, 0.2) is 0 Å². The summed E-state index contributed by atoms with van der Waals surface area (Å²) in [6, 6.07) is 15.6. The van der Waals surface area contributed by atoms with Gasteiger partial charge in [-0.05, 0) is 78.9 Å². The fourth-order valence-electron chi connectivity index (χ4n) is 3.56. The molecule has 3 aromatic rings. The number of halogens is 2. The lowest BCUT2D eigenvalue weighted by atomic mass is 10.0.